The van der Waals surface area contributed by atoms with Gasteiger partial charge in [-0.25, -0.2) is 0 Å². The predicted octanol–water partition coefficient (Wildman–Crippen LogP) is 3.61. The van der Waals surface area contributed by atoms with Crippen LogP contribution in [0.15, 0.2) is 22.7 Å². The van der Waals surface area contributed by atoms with Crippen LogP contribution in [-0.4, -0.2) is 44.0 Å². The SMILES string of the molecule is COC1CCN(Cc2cccc(OCC(F)(F)F)c2Br)C1. The third-order valence-electron chi connectivity index (χ3n) is 3.39. The molecule has 0 saturated carbocycles. The minimum absolute atomic E-state index is 0.215. The number of hydrogen-bond acceptors (Lipinski definition) is 3. The van der Waals surface area contributed by atoms with E-state index in [0.29, 0.717) is 11.0 Å². The molecule has 1 saturated heterocycles. The maximum absolute atomic E-state index is 12.2. The Hall–Kier alpha value is -0.790. The summed E-state index contributed by atoms with van der Waals surface area (Å²) in [6.07, 6.45) is -3.14. The van der Waals surface area contributed by atoms with Crippen LogP contribution in [0.4, 0.5) is 13.2 Å². The molecule has 1 unspecified atom stereocenters. The van der Waals surface area contributed by atoms with E-state index in [0.717, 1.165) is 25.1 Å². The van der Waals surface area contributed by atoms with E-state index in [1.54, 1.807) is 13.2 Å². The van der Waals surface area contributed by atoms with Crippen LogP contribution in [0.5, 0.6) is 5.75 Å². The van der Waals surface area contributed by atoms with Crippen LogP contribution in [0.3, 0.4) is 0 Å². The Labute approximate surface area is 130 Å². The van der Waals surface area contributed by atoms with Gasteiger partial charge in [-0.05, 0) is 34.0 Å². The van der Waals surface area contributed by atoms with E-state index in [9.17, 15) is 13.2 Å². The first kappa shape index (κ1) is 16.6. The molecule has 1 heterocycles. The van der Waals surface area contributed by atoms with Crippen molar-refractivity contribution < 1.29 is 22.6 Å². The van der Waals surface area contributed by atoms with E-state index in [2.05, 4.69) is 20.8 Å². The summed E-state index contributed by atoms with van der Waals surface area (Å²) in [5.41, 5.74) is 0.909. The second-order valence-corrected chi connectivity index (χ2v) is 5.81. The largest absolute Gasteiger partial charge is 0.483 e. The Morgan fingerprint density at radius 1 is 1.38 bits per heavy atom. The average Bonchev–Trinajstić information content (AvgIpc) is 2.86. The Morgan fingerprint density at radius 3 is 2.76 bits per heavy atom. The molecule has 21 heavy (non-hydrogen) atoms. The molecule has 0 amide bonds. The van der Waals surface area contributed by atoms with Gasteiger partial charge in [0.25, 0.3) is 0 Å². The van der Waals surface area contributed by atoms with E-state index in [-0.39, 0.29) is 11.9 Å². The third-order valence-corrected chi connectivity index (χ3v) is 4.29. The van der Waals surface area contributed by atoms with Crippen molar-refractivity contribution in [3.63, 3.8) is 0 Å². The predicted molar refractivity (Wildman–Crippen MR) is 76.4 cm³/mol. The van der Waals surface area contributed by atoms with Crippen molar-refractivity contribution in [1.82, 2.24) is 4.90 Å². The highest BCUT2D eigenvalue weighted by Gasteiger charge is 2.29. The van der Waals surface area contributed by atoms with Crippen molar-refractivity contribution in [3.05, 3.63) is 28.2 Å². The first-order valence-electron chi connectivity index (χ1n) is 6.61. The van der Waals surface area contributed by atoms with E-state index >= 15 is 0 Å². The van der Waals surface area contributed by atoms with Crippen molar-refractivity contribution in [2.24, 2.45) is 0 Å². The maximum Gasteiger partial charge on any atom is 0.422 e. The summed E-state index contributed by atoms with van der Waals surface area (Å²) in [5.74, 6) is 0.215. The number of rotatable bonds is 5. The Balaban J connectivity index is 2.01. The molecule has 0 aromatic heterocycles. The standard InChI is InChI=1S/C14H17BrF3NO2/c1-20-11-5-6-19(8-11)7-10-3-2-4-12(13(10)15)21-9-14(16,17)18/h2-4,11H,5-9H2,1H3. The summed E-state index contributed by atoms with van der Waals surface area (Å²) < 4.78 is 47.4. The Morgan fingerprint density at radius 2 is 2.14 bits per heavy atom. The molecule has 118 valence electrons. The number of methoxy groups -OCH3 is 1. The number of alkyl halides is 3. The third kappa shape index (κ3) is 4.86. The molecule has 1 atom stereocenters. The summed E-state index contributed by atoms with van der Waals surface area (Å²) >= 11 is 3.34. The van der Waals surface area contributed by atoms with E-state index < -0.39 is 12.8 Å². The molecule has 0 aliphatic carbocycles. The number of benzene rings is 1. The van der Waals surface area contributed by atoms with E-state index in [4.69, 9.17) is 9.47 Å². The molecule has 1 aromatic carbocycles. The van der Waals surface area contributed by atoms with Gasteiger partial charge in [0, 0.05) is 26.7 Å². The van der Waals surface area contributed by atoms with Crippen LogP contribution in [0.1, 0.15) is 12.0 Å². The molecular weight excluding hydrogens is 351 g/mol. The first-order chi connectivity index (χ1) is 9.89. The molecule has 0 bridgehead atoms. The Bertz CT molecular complexity index is 482. The van der Waals surface area contributed by atoms with E-state index in [1.807, 2.05) is 6.07 Å². The highest BCUT2D eigenvalue weighted by Crippen LogP contribution is 2.31. The number of likely N-dealkylation sites (tertiary alicyclic amines) is 1. The average molecular weight is 368 g/mol. The molecule has 7 heteroatoms. The van der Waals surface area contributed by atoms with Crippen LogP contribution >= 0.6 is 15.9 Å². The quantitative estimate of drug-likeness (QED) is 0.793. The van der Waals surface area contributed by atoms with Gasteiger partial charge in [0.1, 0.15) is 5.75 Å². The topological polar surface area (TPSA) is 21.7 Å². The fourth-order valence-corrected chi connectivity index (χ4v) is 2.83. The van der Waals surface area contributed by atoms with Gasteiger partial charge in [-0.1, -0.05) is 12.1 Å². The van der Waals surface area contributed by atoms with Crippen molar-refractivity contribution in [2.75, 3.05) is 26.8 Å². The molecule has 0 radical (unpaired) electrons. The van der Waals surface area contributed by atoms with Gasteiger partial charge in [0.05, 0.1) is 10.6 Å². The van der Waals surface area contributed by atoms with Crippen molar-refractivity contribution in [2.45, 2.75) is 25.2 Å². The molecule has 1 aliphatic heterocycles. The second-order valence-electron chi connectivity index (χ2n) is 5.01. The molecule has 2 rings (SSSR count). The molecule has 1 aliphatic rings. The van der Waals surface area contributed by atoms with Gasteiger partial charge in [-0.3, -0.25) is 4.90 Å². The van der Waals surface area contributed by atoms with Crippen LogP contribution < -0.4 is 4.74 Å². The van der Waals surface area contributed by atoms with Gasteiger partial charge in [-0.15, -0.1) is 0 Å². The van der Waals surface area contributed by atoms with Crippen molar-refractivity contribution in [3.8, 4) is 5.75 Å². The van der Waals surface area contributed by atoms with Gasteiger partial charge in [0.2, 0.25) is 0 Å². The summed E-state index contributed by atoms with van der Waals surface area (Å²) in [7, 11) is 1.69. The van der Waals surface area contributed by atoms with Gasteiger partial charge < -0.3 is 9.47 Å². The number of halogens is 4. The number of ether oxygens (including phenoxy) is 2. The molecule has 3 nitrogen and oxygen atoms in total. The maximum atomic E-state index is 12.2. The molecular formula is C14H17BrF3NO2. The molecule has 0 N–H and O–H groups in total. The summed E-state index contributed by atoms with van der Waals surface area (Å²) in [5, 5.41) is 0. The van der Waals surface area contributed by atoms with Crippen molar-refractivity contribution >= 4 is 15.9 Å². The van der Waals surface area contributed by atoms with Crippen LogP contribution in [0.25, 0.3) is 0 Å². The fraction of sp³-hybridized carbons (Fsp3) is 0.571. The fourth-order valence-electron chi connectivity index (χ4n) is 2.32. The summed E-state index contributed by atoms with van der Waals surface area (Å²) in [6.45, 7) is 1.11. The normalized spacial score (nSPS) is 20.0. The lowest BCUT2D eigenvalue weighted by molar-refractivity contribution is -0.153. The minimum atomic E-state index is -4.34. The number of nitrogens with zero attached hydrogens (tertiary/aromatic N) is 1. The van der Waals surface area contributed by atoms with Crippen LogP contribution in [0, 0.1) is 0 Å². The zero-order valence-electron chi connectivity index (χ0n) is 11.6. The van der Waals surface area contributed by atoms with Crippen LogP contribution in [0.2, 0.25) is 0 Å². The first-order valence-corrected chi connectivity index (χ1v) is 7.40. The monoisotopic (exact) mass is 367 g/mol. The lowest BCUT2D eigenvalue weighted by Crippen LogP contribution is -2.23. The second kappa shape index (κ2) is 6.98. The Kier molecular flexibility index (Phi) is 5.51. The van der Waals surface area contributed by atoms with Crippen molar-refractivity contribution in [1.29, 1.82) is 0 Å². The zero-order chi connectivity index (χ0) is 15.5. The summed E-state index contributed by atoms with van der Waals surface area (Å²) in [6, 6.07) is 5.11. The van der Waals surface area contributed by atoms with Crippen LogP contribution in [-0.2, 0) is 11.3 Å². The molecule has 0 spiro atoms. The summed E-state index contributed by atoms with van der Waals surface area (Å²) in [4.78, 5) is 2.21. The van der Waals surface area contributed by atoms with Gasteiger partial charge >= 0.3 is 6.18 Å². The van der Waals surface area contributed by atoms with Gasteiger partial charge in [-0.2, -0.15) is 13.2 Å². The van der Waals surface area contributed by atoms with E-state index in [1.165, 1.54) is 6.07 Å². The van der Waals surface area contributed by atoms with Gasteiger partial charge in [0.15, 0.2) is 6.61 Å². The lowest BCUT2D eigenvalue weighted by atomic mass is 10.2. The lowest BCUT2D eigenvalue weighted by Gasteiger charge is -2.18. The smallest absolute Gasteiger partial charge is 0.422 e. The molecule has 1 fully saturated rings. The highest BCUT2D eigenvalue weighted by atomic mass is 79.9. The highest BCUT2D eigenvalue weighted by molar-refractivity contribution is 9.10. The number of hydrogen-bond donors (Lipinski definition) is 0. The minimum Gasteiger partial charge on any atom is -0.483 e. The zero-order valence-corrected chi connectivity index (χ0v) is 13.2. The molecule has 1 aromatic rings.